The molecule has 2 heterocycles. The first-order valence-corrected chi connectivity index (χ1v) is 7.30. The highest BCUT2D eigenvalue weighted by Gasteiger charge is 2.06. The predicted octanol–water partition coefficient (Wildman–Crippen LogP) is 3.13. The van der Waals surface area contributed by atoms with Gasteiger partial charge in [-0.05, 0) is 42.7 Å². The zero-order chi connectivity index (χ0) is 14.5. The zero-order valence-electron chi connectivity index (χ0n) is 11.9. The van der Waals surface area contributed by atoms with Crippen LogP contribution in [0.25, 0.3) is 10.9 Å². The summed E-state index contributed by atoms with van der Waals surface area (Å²) in [6.07, 6.45) is 6.41. The fraction of sp³-hybridized carbons (Fsp3) is 0.222. The number of fused-ring (bicyclic) bond motifs is 1. The molecule has 3 rings (SSSR count). The van der Waals surface area contributed by atoms with Gasteiger partial charge in [-0.25, -0.2) is 0 Å². The number of nitrogens with two attached hydrogens (primary N) is 1. The summed E-state index contributed by atoms with van der Waals surface area (Å²) in [5, 5.41) is 1.17. The van der Waals surface area contributed by atoms with Gasteiger partial charge in [0.1, 0.15) is 0 Å². The molecule has 0 saturated carbocycles. The highest BCUT2D eigenvalue weighted by atomic mass is 14.7. The lowest BCUT2D eigenvalue weighted by atomic mass is 10.0. The average Bonchev–Trinajstić information content (AvgIpc) is 2.54. The zero-order valence-corrected chi connectivity index (χ0v) is 11.9. The van der Waals surface area contributed by atoms with Crippen molar-refractivity contribution < 1.29 is 0 Å². The molecule has 2 aromatic heterocycles. The molecule has 1 aromatic carbocycles. The van der Waals surface area contributed by atoms with E-state index >= 15 is 0 Å². The number of nitrogens with zero attached hydrogens (tertiary/aromatic N) is 2. The second-order valence-electron chi connectivity index (χ2n) is 5.35. The van der Waals surface area contributed by atoms with Crippen molar-refractivity contribution in [2.24, 2.45) is 5.73 Å². The van der Waals surface area contributed by atoms with E-state index in [-0.39, 0.29) is 6.04 Å². The molecule has 0 saturated heterocycles. The summed E-state index contributed by atoms with van der Waals surface area (Å²) < 4.78 is 0. The molecular formula is C18H19N3. The Balaban J connectivity index is 1.62. The molecule has 21 heavy (non-hydrogen) atoms. The minimum atomic E-state index is 0.131. The summed E-state index contributed by atoms with van der Waals surface area (Å²) in [6.45, 7) is 0. The van der Waals surface area contributed by atoms with E-state index in [9.17, 15) is 0 Å². The van der Waals surface area contributed by atoms with Crippen LogP contribution in [0.4, 0.5) is 0 Å². The van der Waals surface area contributed by atoms with Crippen molar-refractivity contribution in [3.05, 3.63) is 72.2 Å². The molecule has 0 amide bonds. The maximum Gasteiger partial charge on any atom is 0.0705 e. The van der Waals surface area contributed by atoms with Gasteiger partial charge in [-0.2, -0.15) is 0 Å². The Morgan fingerprint density at radius 3 is 2.62 bits per heavy atom. The van der Waals surface area contributed by atoms with E-state index < -0.39 is 0 Å². The minimum absolute atomic E-state index is 0.131. The van der Waals surface area contributed by atoms with E-state index in [0.717, 1.165) is 30.5 Å². The quantitative estimate of drug-likeness (QED) is 0.779. The van der Waals surface area contributed by atoms with Crippen molar-refractivity contribution in [1.82, 2.24) is 9.97 Å². The third-order valence-electron chi connectivity index (χ3n) is 3.68. The molecule has 3 heteroatoms. The molecule has 0 aliphatic carbocycles. The Hall–Kier alpha value is -2.26. The van der Waals surface area contributed by atoms with E-state index in [4.69, 9.17) is 5.73 Å². The normalized spacial score (nSPS) is 12.4. The van der Waals surface area contributed by atoms with Gasteiger partial charge in [0, 0.05) is 35.9 Å². The van der Waals surface area contributed by atoms with Gasteiger partial charge in [-0.15, -0.1) is 0 Å². The Labute approximate surface area is 124 Å². The van der Waals surface area contributed by atoms with Crippen LogP contribution in [0.15, 0.2) is 60.9 Å². The molecule has 0 aliphatic rings. The number of hydrogen-bond donors (Lipinski definition) is 1. The summed E-state index contributed by atoms with van der Waals surface area (Å²) >= 11 is 0. The number of pyridine rings is 2. The van der Waals surface area contributed by atoms with Crippen LogP contribution in [0.2, 0.25) is 0 Å². The Bertz CT molecular complexity index is 710. The molecule has 0 spiro atoms. The number of rotatable bonds is 5. The van der Waals surface area contributed by atoms with Crippen LogP contribution in [0.3, 0.4) is 0 Å². The van der Waals surface area contributed by atoms with Gasteiger partial charge in [0.05, 0.1) is 5.52 Å². The second kappa shape index (κ2) is 6.46. The average molecular weight is 277 g/mol. The Morgan fingerprint density at radius 2 is 1.76 bits per heavy atom. The van der Waals surface area contributed by atoms with Crippen molar-refractivity contribution in [2.75, 3.05) is 0 Å². The Kier molecular flexibility index (Phi) is 4.22. The van der Waals surface area contributed by atoms with E-state index in [0.29, 0.717) is 0 Å². The first-order valence-electron chi connectivity index (χ1n) is 7.30. The first kappa shape index (κ1) is 13.7. The van der Waals surface area contributed by atoms with Gasteiger partial charge in [0.25, 0.3) is 0 Å². The van der Waals surface area contributed by atoms with E-state index in [1.54, 1.807) is 0 Å². The monoisotopic (exact) mass is 277 g/mol. The molecule has 1 unspecified atom stereocenters. The largest absolute Gasteiger partial charge is 0.327 e. The van der Waals surface area contributed by atoms with Crippen LogP contribution in [0.5, 0.6) is 0 Å². The molecule has 3 nitrogen and oxygen atoms in total. The predicted molar refractivity (Wildman–Crippen MR) is 86.0 cm³/mol. The summed E-state index contributed by atoms with van der Waals surface area (Å²) in [5.41, 5.74) is 9.63. The highest BCUT2D eigenvalue weighted by molar-refractivity contribution is 5.78. The van der Waals surface area contributed by atoms with Gasteiger partial charge in [-0.1, -0.05) is 24.3 Å². The van der Waals surface area contributed by atoms with Gasteiger partial charge in [0.15, 0.2) is 0 Å². The van der Waals surface area contributed by atoms with E-state index in [2.05, 4.69) is 28.2 Å². The number of hydrogen-bond acceptors (Lipinski definition) is 3. The Morgan fingerprint density at radius 1 is 0.952 bits per heavy atom. The molecular weight excluding hydrogens is 258 g/mol. The molecule has 1 atom stereocenters. The lowest BCUT2D eigenvalue weighted by molar-refractivity contribution is 0.604. The smallest absolute Gasteiger partial charge is 0.0705 e. The summed E-state index contributed by atoms with van der Waals surface area (Å²) in [5.74, 6) is 0. The number of aryl methyl sites for hydroxylation is 1. The van der Waals surface area contributed by atoms with Crippen LogP contribution in [-0.4, -0.2) is 16.0 Å². The summed E-state index contributed by atoms with van der Waals surface area (Å²) in [4.78, 5) is 8.71. The number of benzene rings is 1. The van der Waals surface area contributed by atoms with Gasteiger partial charge >= 0.3 is 0 Å². The van der Waals surface area contributed by atoms with Crippen LogP contribution in [0, 0.1) is 0 Å². The fourth-order valence-electron chi connectivity index (χ4n) is 2.49. The fourth-order valence-corrected chi connectivity index (χ4v) is 2.49. The molecule has 0 aliphatic heterocycles. The standard InChI is InChI=1S/C18H19N3/c19-16(7-5-14-9-11-20-12-10-14)13-17-8-6-15-3-1-2-4-18(15)21-17/h1-4,6,8-12,16H,5,7,13,19H2. The maximum atomic E-state index is 6.24. The van der Waals surface area contributed by atoms with E-state index in [1.165, 1.54) is 10.9 Å². The van der Waals surface area contributed by atoms with Crippen molar-refractivity contribution in [1.29, 1.82) is 0 Å². The summed E-state index contributed by atoms with van der Waals surface area (Å²) in [6, 6.07) is 16.6. The number of para-hydroxylation sites is 1. The molecule has 0 radical (unpaired) electrons. The molecule has 2 N–H and O–H groups in total. The van der Waals surface area contributed by atoms with Crippen LogP contribution < -0.4 is 5.73 Å². The molecule has 0 fully saturated rings. The first-order chi connectivity index (χ1) is 10.3. The topological polar surface area (TPSA) is 51.8 Å². The van der Waals surface area contributed by atoms with Gasteiger partial charge in [0.2, 0.25) is 0 Å². The van der Waals surface area contributed by atoms with Crippen molar-refractivity contribution >= 4 is 10.9 Å². The van der Waals surface area contributed by atoms with Crippen molar-refractivity contribution in [3.63, 3.8) is 0 Å². The number of aromatic nitrogens is 2. The van der Waals surface area contributed by atoms with E-state index in [1.807, 2.05) is 42.7 Å². The SMILES string of the molecule is NC(CCc1ccncc1)Cc1ccc2ccccc2n1. The third kappa shape index (κ3) is 3.64. The van der Waals surface area contributed by atoms with Crippen LogP contribution in [-0.2, 0) is 12.8 Å². The van der Waals surface area contributed by atoms with Crippen molar-refractivity contribution in [3.8, 4) is 0 Å². The molecule has 106 valence electrons. The van der Waals surface area contributed by atoms with Crippen LogP contribution in [0.1, 0.15) is 17.7 Å². The van der Waals surface area contributed by atoms with Crippen molar-refractivity contribution in [2.45, 2.75) is 25.3 Å². The van der Waals surface area contributed by atoms with Crippen LogP contribution >= 0.6 is 0 Å². The molecule has 3 aromatic rings. The lowest BCUT2D eigenvalue weighted by Gasteiger charge is -2.11. The second-order valence-corrected chi connectivity index (χ2v) is 5.35. The molecule has 0 bridgehead atoms. The van der Waals surface area contributed by atoms with Gasteiger partial charge in [-0.3, -0.25) is 9.97 Å². The highest BCUT2D eigenvalue weighted by Crippen LogP contribution is 2.13. The lowest BCUT2D eigenvalue weighted by Crippen LogP contribution is -2.24. The van der Waals surface area contributed by atoms with Gasteiger partial charge < -0.3 is 5.73 Å². The maximum absolute atomic E-state index is 6.24. The summed E-state index contributed by atoms with van der Waals surface area (Å²) in [7, 11) is 0. The minimum Gasteiger partial charge on any atom is -0.327 e. The third-order valence-corrected chi connectivity index (χ3v) is 3.68.